The molecule has 50 valence electrons. The molecule has 10 heavy (non-hydrogen) atoms. The van der Waals surface area contributed by atoms with Gasteiger partial charge in [0.15, 0.2) is 5.76 Å². The highest BCUT2D eigenvalue weighted by Gasteiger charge is 2.05. The third-order valence-corrected chi connectivity index (χ3v) is 1.22. The highest BCUT2D eigenvalue weighted by Crippen LogP contribution is 2.19. The lowest BCUT2D eigenvalue weighted by atomic mass is 10.4. The molecular formula is C6H5N3O. The second-order valence-electron chi connectivity index (χ2n) is 1.92. The van der Waals surface area contributed by atoms with Gasteiger partial charge in [0, 0.05) is 0 Å². The van der Waals surface area contributed by atoms with Crippen molar-refractivity contribution in [2.75, 3.05) is 5.73 Å². The molecule has 4 heteroatoms. The highest BCUT2D eigenvalue weighted by molar-refractivity contribution is 5.54. The molecule has 2 N–H and O–H groups in total. The summed E-state index contributed by atoms with van der Waals surface area (Å²) in [4.78, 5) is 0. The lowest BCUT2D eigenvalue weighted by Gasteiger charge is -1.94. The fraction of sp³-hybridized carbons (Fsp3) is 0. The molecular weight excluding hydrogens is 130 g/mol. The second-order valence-corrected chi connectivity index (χ2v) is 1.92. The van der Waals surface area contributed by atoms with E-state index in [-0.39, 0.29) is 6.01 Å². The third-order valence-electron chi connectivity index (χ3n) is 1.22. The molecule has 0 aromatic rings. The van der Waals surface area contributed by atoms with Crippen molar-refractivity contribution >= 4 is 6.01 Å². The first kappa shape index (κ1) is 5.22. The molecule has 2 rings (SSSR count). The van der Waals surface area contributed by atoms with Gasteiger partial charge in [-0.1, -0.05) is 11.2 Å². The Hall–Kier alpha value is -1.58. The van der Waals surface area contributed by atoms with Crippen LogP contribution in [0.3, 0.4) is 0 Å². The number of nitrogen functional groups attached to an aromatic ring is 1. The number of aromatic nitrogens is 2. The maximum Gasteiger partial charge on any atom is 0.311 e. The van der Waals surface area contributed by atoms with E-state index in [9.17, 15) is 0 Å². The Morgan fingerprint density at radius 1 is 1.30 bits per heavy atom. The van der Waals surface area contributed by atoms with Crippen molar-refractivity contribution in [1.29, 1.82) is 0 Å². The first-order chi connectivity index (χ1) is 4.86. The van der Waals surface area contributed by atoms with E-state index in [0.717, 1.165) is 5.69 Å². The van der Waals surface area contributed by atoms with Crippen LogP contribution in [0, 0.1) is 0 Å². The molecule has 1 heterocycles. The van der Waals surface area contributed by atoms with Crippen LogP contribution in [0.5, 0.6) is 0 Å². The Balaban J connectivity index is 2.75. The Kier molecular flexibility index (Phi) is 0.887. The molecule has 0 aromatic heterocycles. The van der Waals surface area contributed by atoms with Crippen molar-refractivity contribution in [1.82, 2.24) is 10.2 Å². The summed E-state index contributed by atoms with van der Waals surface area (Å²) in [6.07, 6.45) is 0. The van der Waals surface area contributed by atoms with E-state index >= 15 is 0 Å². The SMILES string of the molecule is Nc1nnc2cccc-2o1. The average Bonchev–Trinajstić information content (AvgIpc) is 2.33. The predicted molar refractivity (Wildman–Crippen MR) is 35.3 cm³/mol. The van der Waals surface area contributed by atoms with Gasteiger partial charge in [0.2, 0.25) is 0 Å². The van der Waals surface area contributed by atoms with E-state index in [1.807, 2.05) is 12.1 Å². The van der Waals surface area contributed by atoms with Gasteiger partial charge in [-0.25, -0.2) is 0 Å². The number of fused-ring (bicyclic) bond motifs is 1. The zero-order valence-corrected chi connectivity index (χ0v) is 5.11. The number of hydrogen-bond donors (Lipinski definition) is 1. The Bertz CT molecular complexity index is 317. The van der Waals surface area contributed by atoms with Crippen LogP contribution in [0.1, 0.15) is 0 Å². The molecule has 0 atom stereocenters. The number of anilines is 1. The maximum absolute atomic E-state index is 5.24. The smallest absolute Gasteiger partial charge is 0.311 e. The molecule has 4 nitrogen and oxygen atoms in total. The van der Waals surface area contributed by atoms with Crippen LogP contribution in [0.25, 0.3) is 11.5 Å². The van der Waals surface area contributed by atoms with Crippen LogP contribution >= 0.6 is 0 Å². The van der Waals surface area contributed by atoms with Crippen LogP contribution in [0.2, 0.25) is 0 Å². The standard InChI is InChI=1S/C6H5N3O/c7-6-9-8-4-2-1-3-5(4)10-6/h1-3H,(H2,7,9). The molecule has 1 aliphatic carbocycles. The van der Waals surface area contributed by atoms with E-state index in [1.54, 1.807) is 6.07 Å². The van der Waals surface area contributed by atoms with Gasteiger partial charge in [-0.2, -0.15) is 0 Å². The van der Waals surface area contributed by atoms with Gasteiger partial charge in [-0.3, -0.25) is 0 Å². The molecule has 0 spiro atoms. The monoisotopic (exact) mass is 135 g/mol. The van der Waals surface area contributed by atoms with Crippen molar-refractivity contribution in [3.8, 4) is 11.5 Å². The summed E-state index contributed by atoms with van der Waals surface area (Å²) in [6.45, 7) is 0. The predicted octanol–water partition coefficient (Wildman–Crippen LogP) is 0.757. The molecule has 2 aliphatic rings. The van der Waals surface area contributed by atoms with Crippen LogP contribution in [-0.4, -0.2) is 10.2 Å². The topological polar surface area (TPSA) is 64.9 Å². The van der Waals surface area contributed by atoms with Crippen LogP contribution in [-0.2, 0) is 0 Å². The van der Waals surface area contributed by atoms with E-state index in [0.29, 0.717) is 5.76 Å². The molecule has 0 radical (unpaired) electrons. The molecule has 0 aromatic carbocycles. The number of hydrogen-bond acceptors (Lipinski definition) is 4. The van der Waals surface area contributed by atoms with Gasteiger partial charge < -0.3 is 10.2 Å². The van der Waals surface area contributed by atoms with Gasteiger partial charge in [0.05, 0.1) is 0 Å². The Labute approximate surface area is 57.0 Å². The normalized spacial score (nSPS) is 10.4. The number of nitrogens with zero attached hydrogens (tertiary/aromatic N) is 2. The van der Waals surface area contributed by atoms with Crippen LogP contribution < -0.4 is 5.73 Å². The van der Waals surface area contributed by atoms with Gasteiger partial charge in [0.1, 0.15) is 5.69 Å². The number of rotatable bonds is 0. The summed E-state index contributed by atoms with van der Waals surface area (Å²) in [6, 6.07) is 5.53. The summed E-state index contributed by atoms with van der Waals surface area (Å²) in [5.41, 5.74) is 5.97. The zero-order valence-electron chi connectivity index (χ0n) is 5.11. The minimum absolute atomic E-state index is 0.0960. The van der Waals surface area contributed by atoms with Crippen molar-refractivity contribution in [3.05, 3.63) is 18.2 Å². The maximum atomic E-state index is 5.24. The highest BCUT2D eigenvalue weighted by atomic mass is 16.4. The van der Waals surface area contributed by atoms with Crippen LogP contribution in [0.15, 0.2) is 22.6 Å². The first-order valence-electron chi connectivity index (χ1n) is 2.84. The van der Waals surface area contributed by atoms with E-state index in [2.05, 4.69) is 10.2 Å². The summed E-state index contributed by atoms with van der Waals surface area (Å²) in [7, 11) is 0. The molecule has 0 saturated heterocycles. The molecule has 0 amide bonds. The van der Waals surface area contributed by atoms with E-state index < -0.39 is 0 Å². The zero-order chi connectivity index (χ0) is 6.97. The van der Waals surface area contributed by atoms with Gasteiger partial charge in [-0.05, 0) is 12.1 Å². The van der Waals surface area contributed by atoms with Gasteiger partial charge >= 0.3 is 6.01 Å². The summed E-state index contributed by atoms with van der Waals surface area (Å²) >= 11 is 0. The van der Waals surface area contributed by atoms with Crippen LogP contribution in [0.4, 0.5) is 6.01 Å². The van der Waals surface area contributed by atoms with E-state index in [4.69, 9.17) is 10.2 Å². The lowest BCUT2D eigenvalue weighted by Crippen LogP contribution is -1.93. The van der Waals surface area contributed by atoms with E-state index in [1.165, 1.54) is 0 Å². The number of nitrogens with two attached hydrogens (primary N) is 1. The fourth-order valence-corrected chi connectivity index (χ4v) is 0.799. The fourth-order valence-electron chi connectivity index (χ4n) is 0.799. The second kappa shape index (κ2) is 1.70. The van der Waals surface area contributed by atoms with Crippen molar-refractivity contribution in [3.63, 3.8) is 0 Å². The quantitative estimate of drug-likeness (QED) is 0.579. The Morgan fingerprint density at radius 2 is 2.20 bits per heavy atom. The molecule has 0 saturated carbocycles. The van der Waals surface area contributed by atoms with Gasteiger partial charge in [-0.15, -0.1) is 5.10 Å². The molecule has 0 fully saturated rings. The first-order valence-corrected chi connectivity index (χ1v) is 2.84. The summed E-state index contributed by atoms with van der Waals surface area (Å²) in [5.74, 6) is 0.674. The molecule has 1 aliphatic heterocycles. The van der Waals surface area contributed by atoms with Crippen molar-refractivity contribution in [2.45, 2.75) is 0 Å². The minimum Gasteiger partial charge on any atom is -0.423 e. The third kappa shape index (κ3) is 0.621. The molecule has 0 bridgehead atoms. The summed E-state index contributed by atoms with van der Waals surface area (Å²) in [5, 5.41) is 7.31. The summed E-state index contributed by atoms with van der Waals surface area (Å²) < 4.78 is 5.01. The van der Waals surface area contributed by atoms with Crippen molar-refractivity contribution < 1.29 is 4.42 Å². The largest absolute Gasteiger partial charge is 0.423 e. The Morgan fingerprint density at radius 3 is 3.10 bits per heavy atom. The van der Waals surface area contributed by atoms with Gasteiger partial charge in [0.25, 0.3) is 0 Å². The minimum atomic E-state index is 0.0960. The van der Waals surface area contributed by atoms with Crippen molar-refractivity contribution in [2.24, 2.45) is 0 Å². The molecule has 0 unspecified atom stereocenters. The average molecular weight is 135 g/mol. The lowest BCUT2D eigenvalue weighted by molar-refractivity contribution is 0.550.